The molecule has 0 aromatic heterocycles. The number of carboxylic acid groups (broad SMARTS) is 1. The molecule has 0 aliphatic rings. The lowest BCUT2D eigenvalue weighted by Gasteiger charge is -2.17. The number of carbonyl (C=O) groups is 1. The Bertz CT molecular complexity index is 449. The molecule has 4 nitrogen and oxygen atoms in total. The first-order chi connectivity index (χ1) is 9.45. The van der Waals surface area contributed by atoms with E-state index in [1.165, 1.54) is 6.07 Å². The highest BCUT2D eigenvalue weighted by molar-refractivity contribution is 5.72. The number of aliphatic carboxylic acids is 1. The van der Waals surface area contributed by atoms with E-state index in [1.807, 2.05) is 0 Å². The van der Waals surface area contributed by atoms with Gasteiger partial charge >= 0.3 is 5.97 Å². The maximum absolute atomic E-state index is 13.9. The van der Waals surface area contributed by atoms with Crippen LogP contribution >= 0.6 is 0 Å². The van der Waals surface area contributed by atoms with Gasteiger partial charge in [0, 0.05) is 12.1 Å². The van der Waals surface area contributed by atoms with Crippen LogP contribution in [-0.4, -0.2) is 23.7 Å². The summed E-state index contributed by atoms with van der Waals surface area (Å²) in [5.41, 5.74) is 0.630. The Hall–Kier alpha value is -1.62. The molecule has 20 heavy (non-hydrogen) atoms. The van der Waals surface area contributed by atoms with E-state index in [0.29, 0.717) is 18.0 Å². The van der Waals surface area contributed by atoms with E-state index in [1.54, 1.807) is 19.1 Å². The molecule has 0 radical (unpaired) electrons. The van der Waals surface area contributed by atoms with Gasteiger partial charge in [0.25, 0.3) is 0 Å². The SMILES string of the molecule is CCC(Oc1c(F)cccc1CNCC(C)C)C(=O)O. The summed E-state index contributed by atoms with van der Waals surface area (Å²) < 4.78 is 19.2. The number of para-hydroxylation sites is 1. The Kier molecular flexibility index (Phi) is 6.45. The second-order valence-electron chi connectivity index (χ2n) is 5.11. The monoisotopic (exact) mass is 283 g/mol. The third kappa shape index (κ3) is 4.81. The van der Waals surface area contributed by atoms with Crippen molar-refractivity contribution < 1.29 is 19.0 Å². The van der Waals surface area contributed by atoms with E-state index in [9.17, 15) is 9.18 Å². The first-order valence-electron chi connectivity index (χ1n) is 6.83. The van der Waals surface area contributed by atoms with Crippen LogP contribution in [0.3, 0.4) is 0 Å². The van der Waals surface area contributed by atoms with Crippen LogP contribution in [0, 0.1) is 11.7 Å². The average molecular weight is 283 g/mol. The highest BCUT2D eigenvalue weighted by Gasteiger charge is 2.20. The van der Waals surface area contributed by atoms with Gasteiger partial charge in [0.05, 0.1) is 0 Å². The number of rotatable bonds is 8. The molecule has 1 aromatic carbocycles. The highest BCUT2D eigenvalue weighted by Crippen LogP contribution is 2.24. The fourth-order valence-electron chi connectivity index (χ4n) is 1.77. The first kappa shape index (κ1) is 16.4. The number of nitrogens with one attached hydrogen (secondary N) is 1. The fourth-order valence-corrected chi connectivity index (χ4v) is 1.77. The summed E-state index contributed by atoms with van der Waals surface area (Å²) in [6, 6.07) is 4.60. The zero-order chi connectivity index (χ0) is 15.1. The van der Waals surface area contributed by atoms with E-state index in [-0.39, 0.29) is 12.2 Å². The van der Waals surface area contributed by atoms with Gasteiger partial charge in [-0.25, -0.2) is 9.18 Å². The summed E-state index contributed by atoms with van der Waals surface area (Å²) in [5.74, 6) is -1.11. The lowest BCUT2D eigenvalue weighted by atomic mass is 10.1. The molecule has 0 heterocycles. The van der Waals surface area contributed by atoms with Crippen LogP contribution in [0.2, 0.25) is 0 Å². The number of hydrogen-bond donors (Lipinski definition) is 2. The molecule has 1 atom stereocenters. The molecule has 0 aliphatic heterocycles. The van der Waals surface area contributed by atoms with Crippen molar-refractivity contribution >= 4 is 5.97 Å². The zero-order valence-electron chi connectivity index (χ0n) is 12.1. The van der Waals surface area contributed by atoms with Crippen molar-refractivity contribution in [1.82, 2.24) is 5.32 Å². The van der Waals surface area contributed by atoms with Gasteiger partial charge in [0.2, 0.25) is 0 Å². The topological polar surface area (TPSA) is 58.6 Å². The smallest absolute Gasteiger partial charge is 0.344 e. The van der Waals surface area contributed by atoms with Crippen molar-refractivity contribution in [3.8, 4) is 5.75 Å². The van der Waals surface area contributed by atoms with E-state index in [2.05, 4.69) is 19.2 Å². The van der Waals surface area contributed by atoms with E-state index in [4.69, 9.17) is 9.84 Å². The van der Waals surface area contributed by atoms with Crippen LogP contribution in [0.5, 0.6) is 5.75 Å². The zero-order valence-corrected chi connectivity index (χ0v) is 12.1. The van der Waals surface area contributed by atoms with Crippen molar-refractivity contribution in [3.05, 3.63) is 29.6 Å². The molecule has 0 saturated carbocycles. The Balaban J connectivity index is 2.84. The van der Waals surface area contributed by atoms with Gasteiger partial charge in [-0.05, 0) is 24.9 Å². The van der Waals surface area contributed by atoms with Gasteiger partial charge in [-0.15, -0.1) is 0 Å². The Morgan fingerprint density at radius 3 is 2.70 bits per heavy atom. The number of carboxylic acids is 1. The molecular formula is C15H22FNO3. The van der Waals surface area contributed by atoms with Crippen molar-refractivity contribution in [3.63, 3.8) is 0 Å². The first-order valence-corrected chi connectivity index (χ1v) is 6.83. The van der Waals surface area contributed by atoms with Gasteiger partial charge in [0.1, 0.15) is 0 Å². The standard InChI is InChI=1S/C15H22FNO3/c1-4-13(15(18)19)20-14-11(6-5-7-12(14)16)9-17-8-10(2)3/h5-7,10,13,17H,4,8-9H2,1-3H3,(H,18,19). The molecule has 0 bridgehead atoms. The van der Waals surface area contributed by atoms with Gasteiger partial charge in [-0.1, -0.05) is 32.9 Å². The maximum Gasteiger partial charge on any atom is 0.344 e. The molecule has 1 aromatic rings. The lowest BCUT2D eigenvalue weighted by Crippen LogP contribution is -2.27. The number of hydrogen-bond acceptors (Lipinski definition) is 3. The van der Waals surface area contributed by atoms with Crippen LogP contribution in [0.4, 0.5) is 4.39 Å². The molecule has 1 rings (SSSR count). The largest absolute Gasteiger partial charge is 0.479 e. The van der Waals surface area contributed by atoms with Gasteiger partial charge in [-0.2, -0.15) is 0 Å². The normalized spacial score (nSPS) is 12.4. The third-order valence-corrected chi connectivity index (χ3v) is 2.82. The van der Waals surface area contributed by atoms with Gasteiger partial charge in [-0.3, -0.25) is 0 Å². The van der Waals surface area contributed by atoms with Crippen molar-refractivity contribution in [2.45, 2.75) is 39.8 Å². The molecule has 5 heteroatoms. The molecule has 1 unspecified atom stereocenters. The molecular weight excluding hydrogens is 261 g/mol. The number of benzene rings is 1. The average Bonchev–Trinajstić information content (AvgIpc) is 2.37. The molecule has 0 spiro atoms. The van der Waals surface area contributed by atoms with Crippen LogP contribution in [0.25, 0.3) is 0 Å². The Morgan fingerprint density at radius 2 is 2.15 bits per heavy atom. The Labute approximate surface area is 119 Å². The fraction of sp³-hybridized carbons (Fsp3) is 0.533. The summed E-state index contributed by atoms with van der Waals surface area (Å²) in [7, 11) is 0. The molecule has 0 fully saturated rings. The van der Waals surface area contributed by atoms with Crippen molar-refractivity contribution in [2.24, 2.45) is 5.92 Å². The van der Waals surface area contributed by atoms with Crippen molar-refractivity contribution in [2.75, 3.05) is 6.54 Å². The highest BCUT2D eigenvalue weighted by atomic mass is 19.1. The molecule has 0 saturated heterocycles. The summed E-state index contributed by atoms with van der Waals surface area (Å²) in [4.78, 5) is 11.0. The summed E-state index contributed by atoms with van der Waals surface area (Å²) in [6.07, 6.45) is -0.751. The molecule has 2 N–H and O–H groups in total. The van der Waals surface area contributed by atoms with E-state index >= 15 is 0 Å². The lowest BCUT2D eigenvalue weighted by molar-refractivity contribution is -0.145. The predicted octanol–water partition coefficient (Wildman–Crippen LogP) is 2.81. The predicted molar refractivity (Wildman–Crippen MR) is 75.3 cm³/mol. The number of halogens is 1. The summed E-state index contributed by atoms with van der Waals surface area (Å²) in [5, 5.41) is 12.2. The van der Waals surface area contributed by atoms with Gasteiger partial charge in [0.15, 0.2) is 17.7 Å². The second-order valence-corrected chi connectivity index (χ2v) is 5.11. The quantitative estimate of drug-likeness (QED) is 0.770. The molecule has 0 amide bonds. The number of ether oxygens (including phenoxy) is 1. The van der Waals surface area contributed by atoms with E-state index < -0.39 is 17.9 Å². The minimum absolute atomic E-state index is 0.0259. The summed E-state index contributed by atoms with van der Waals surface area (Å²) in [6.45, 7) is 7.09. The maximum atomic E-state index is 13.9. The Morgan fingerprint density at radius 1 is 1.45 bits per heavy atom. The minimum atomic E-state index is -1.09. The van der Waals surface area contributed by atoms with Crippen molar-refractivity contribution in [1.29, 1.82) is 0 Å². The third-order valence-electron chi connectivity index (χ3n) is 2.82. The van der Waals surface area contributed by atoms with Gasteiger partial charge < -0.3 is 15.2 Å². The minimum Gasteiger partial charge on any atom is -0.479 e. The van der Waals surface area contributed by atoms with Crippen LogP contribution < -0.4 is 10.1 Å². The molecule has 112 valence electrons. The van der Waals surface area contributed by atoms with Crippen LogP contribution in [0.15, 0.2) is 18.2 Å². The summed E-state index contributed by atoms with van der Waals surface area (Å²) >= 11 is 0. The van der Waals surface area contributed by atoms with Crippen LogP contribution in [0.1, 0.15) is 32.8 Å². The van der Waals surface area contributed by atoms with E-state index in [0.717, 1.165) is 6.54 Å². The molecule has 0 aliphatic carbocycles. The van der Waals surface area contributed by atoms with Crippen LogP contribution in [-0.2, 0) is 11.3 Å². The second kappa shape index (κ2) is 7.85.